The van der Waals surface area contributed by atoms with Gasteiger partial charge < -0.3 is 29.4 Å². The van der Waals surface area contributed by atoms with Gasteiger partial charge in [0.2, 0.25) is 27.4 Å². The number of aryl methyl sites for hydroxylation is 1. The van der Waals surface area contributed by atoms with Crippen molar-refractivity contribution >= 4 is 55.9 Å². The zero-order chi connectivity index (χ0) is 45.0. The smallest absolute Gasteiger partial charge is 0.416 e. The molecule has 3 saturated carbocycles. The topological polar surface area (TPSA) is 199 Å². The average Bonchev–Trinajstić information content (AvgIpc) is 4.07. The molecule has 2 aliphatic heterocycles. The van der Waals surface area contributed by atoms with Crippen LogP contribution in [0, 0.1) is 12.8 Å². The molecule has 5 atom stereocenters. The number of rotatable bonds is 8. The van der Waals surface area contributed by atoms with E-state index in [1.54, 1.807) is 6.07 Å². The average molecular weight is 907 g/mol. The molecule has 3 N–H and O–H groups in total. The lowest BCUT2D eigenvalue weighted by molar-refractivity contribution is -0.141. The summed E-state index contributed by atoms with van der Waals surface area (Å²) in [6, 6.07) is 7.53. The van der Waals surface area contributed by atoms with Gasteiger partial charge in [0.25, 0.3) is 11.8 Å². The number of carbonyl (C=O) groups is 4. The van der Waals surface area contributed by atoms with Gasteiger partial charge in [-0.2, -0.15) is 18.2 Å². The first kappa shape index (κ1) is 43.5. The Morgan fingerprint density at radius 1 is 0.969 bits per heavy atom. The number of sulfonamides is 1. The largest absolute Gasteiger partial charge is 0.470 e. The first-order chi connectivity index (χ1) is 30.6. The molecule has 0 unspecified atom stereocenters. The van der Waals surface area contributed by atoms with Crippen molar-refractivity contribution in [2.45, 2.75) is 132 Å². The van der Waals surface area contributed by atoms with Gasteiger partial charge in [-0.3, -0.25) is 19.1 Å². The van der Waals surface area contributed by atoms with Gasteiger partial charge in [0.15, 0.2) is 5.82 Å². The molecule has 0 bridgehead atoms. The van der Waals surface area contributed by atoms with Crippen LogP contribution in [0.3, 0.4) is 0 Å². The SMILES string of the molecule is Cc1ccc2oc3c(O[C@@H]4C[C@H]5C(=O)N[C@]6(C(=O)NS(=O)(=O)C7CC7)C[C@H]6/C=C\CCCCC[C@H](NC(=O)OC6CCCC6)C(=O)N5C4)nc(-c4cccc(C(F)(F)F)c4)nc3c2c1. The van der Waals surface area contributed by atoms with Crippen molar-refractivity contribution in [1.82, 2.24) is 30.2 Å². The number of carbonyl (C=O) groups excluding carboxylic acids is 4. The van der Waals surface area contributed by atoms with Crippen molar-refractivity contribution in [3.05, 3.63) is 65.7 Å². The zero-order valence-electron chi connectivity index (χ0n) is 35.1. The number of nitrogens with zero attached hydrogens (tertiary/aromatic N) is 3. The van der Waals surface area contributed by atoms with Gasteiger partial charge in [0.05, 0.1) is 17.4 Å². The fourth-order valence-corrected chi connectivity index (χ4v) is 10.5. The van der Waals surface area contributed by atoms with E-state index in [2.05, 4.69) is 25.3 Å². The zero-order valence-corrected chi connectivity index (χ0v) is 35.9. The predicted molar refractivity (Wildman–Crippen MR) is 226 cm³/mol. The first-order valence-electron chi connectivity index (χ1n) is 22.0. The van der Waals surface area contributed by atoms with Crippen molar-refractivity contribution in [3.63, 3.8) is 0 Å². The summed E-state index contributed by atoms with van der Waals surface area (Å²) in [5.41, 5.74) is -0.840. The maximum atomic E-state index is 14.8. The second kappa shape index (κ2) is 17.0. The van der Waals surface area contributed by atoms with Crippen LogP contribution in [0.2, 0.25) is 0 Å². The number of nitrogens with one attached hydrogen (secondary N) is 3. The fraction of sp³-hybridized carbons (Fsp3) is 0.511. The van der Waals surface area contributed by atoms with Crippen molar-refractivity contribution < 1.29 is 54.7 Å². The lowest BCUT2D eigenvalue weighted by atomic mass is 10.0. The quantitative estimate of drug-likeness (QED) is 0.158. The summed E-state index contributed by atoms with van der Waals surface area (Å²) in [5, 5.41) is 5.47. The normalized spacial score (nSPS) is 26.3. The third-order valence-electron chi connectivity index (χ3n) is 12.9. The van der Waals surface area contributed by atoms with Crippen LogP contribution in [0.4, 0.5) is 18.0 Å². The Hall–Kier alpha value is -5.72. The molecule has 64 heavy (non-hydrogen) atoms. The van der Waals surface area contributed by atoms with E-state index < -0.39 is 80.5 Å². The highest BCUT2D eigenvalue weighted by Gasteiger charge is 2.62. The Balaban J connectivity index is 1.07. The van der Waals surface area contributed by atoms with Crippen LogP contribution in [0.15, 0.2) is 59.0 Å². The van der Waals surface area contributed by atoms with Crippen LogP contribution in [-0.2, 0) is 35.3 Å². The molecule has 15 nitrogen and oxygen atoms in total. The Morgan fingerprint density at radius 3 is 2.52 bits per heavy atom. The van der Waals surface area contributed by atoms with Crippen LogP contribution in [0.5, 0.6) is 5.88 Å². The van der Waals surface area contributed by atoms with Crippen LogP contribution in [0.1, 0.15) is 94.6 Å². The van der Waals surface area contributed by atoms with Gasteiger partial charge in [0.1, 0.15) is 40.9 Å². The van der Waals surface area contributed by atoms with E-state index in [9.17, 15) is 40.8 Å². The molecule has 19 heteroatoms. The molecule has 4 fully saturated rings. The maximum Gasteiger partial charge on any atom is 0.416 e. The van der Waals surface area contributed by atoms with Gasteiger partial charge in [-0.05, 0) is 95.4 Å². The summed E-state index contributed by atoms with van der Waals surface area (Å²) >= 11 is 0. The van der Waals surface area contributed by atoms with Crippen LogP contribution < -0.4 is 20.1 Å². The van der Waals surface area contributed by atoms with E-state index in [-0.39, 0.29) is 60.3 Å². The molecule has 4 aromatic rings. The van der Waals surface area contributed by atoms with Gasteiger partial charge in [-0.15, -0.1) is 0 Å². The van der Waals surface area contributed by atoms with Gasteiger partial charge in [-0.25, -0.2) is 18.2 Å². The number of furan rings is 1. The Labute approximate surface area is 366 Å². The Bertz CT molecular complexity index is 2640. The molecular weight excluding hydrogens is 858 g/mol. The molecule has 340 valence electrons. The van der Waals surface area contributed by atoms with E-state index in [0.717, 1.165) is 37.0 Å². The number of amides is 4. The summed E-state index contributed by atoms with van der Waals surface area (Å²) in [5.74, 6) is -2.96. The number of fused-ring (bicyclic) bond motifs is 5. The molecule has 9 rings (SSSR count). The van der Waals surface area contributed by atoms with Crippen LogP contribution in [0.25, 0.3) is 33.5 Å². The lowest BCUT2D eigenvalue weighted by Gasteiger charge is -2.30. The van der Waals surface area contributed by atoms with Crippen molar-refractivity contribution in [1.29, 1.82) is 0 Å². The molecule has 4 amide bonds. The number of allylic oxidation sites excluding steroid dienone is 1. The Kier molecular flexibility index (Phi) is 11.6. The summed E-state index contributed by atoms with van der Waals surface area (Å²) in [6.45, 7) is 1.65. The monoisotopic (exact) mass is 906 g/mol. The van der Waals surface area contributed by atoms with E-state index in [1.807, 2.05) is 31.2 Å². The second-order valence-corrected chi connectivity index (χ2v) is 19.7. The second-order valence-electron chi connectivity index (χ2n) is 17.7. The molecule has 0 spiro atoms. The number of hydrogen-bond acceptors (Lipinski definition) is 11. The molecule has 0 radical (unpaired) electrons. The van der Waals surface area contributed by atoms with E-state index in [0.29, 0.717) is 55.9 Å². The molecule has 3 aliphatic carbocycles. The number of hydrogen-bond donors (Lipinski definition) is 3. The minimum atomic E-state index is -4.65. The number of alkyl carbamates (subject to hydrolysis) is 1. The maximum absolute atomic E-state index is 14.8. The van der Waals surface area contributed by atoms with Crippen molar-refractivity contribution in [2.75, 3.05) is 6.54 Å². The third kappa shape index (κ3) is 8.99. The summed E-state index contributed by atoms with van der Waals surface area (Å²) < 4.78 is 88.1. The molecule has 2 aromatic carbocycles. The Morgan fingerprint density at radius 2 is 1.75 bits per heavy atom. The highest BCUT2D eigenvalue weighted by Crippen LogP contribution is 2.46. The van der Waals surface area contributed by atoms with Crippen molar-refractivity contribution in [2.24, 2.45) is 5.92 Å². The van der Waals surface area contributed by atoms with Crippen LogP contribution in [-0.4, -0.2) is 88.7 Å². The number of benzene rings is 2. The molecular formula is C45H49F3N6O9S. The van der Waals surface area contributed by atoms with E-state index in [4.69, 9.17) is 13.9 Å². The summed E-state index contributed by atoms with van der Waals surface area (Å²) in [6.07, 6.45) is 3.98. The lowest BCUT2D eigenvalue weighted by Crippen LogP contribution is -2.58. The summed E-state index contributed by atoms with van der Waals surface area (Å²) in [4.78, 5) is 67.1. The number of alkyl halides is 3. The van der Waals surface area contributed by atoms with Gasteiger partial charge in [-0.1, -0.05) is 48.8 Å². The molecule has 1 saturated heterocycles. The third-order valence-corrected chi connectivity index (χ3v) is 14.7. The number of halogens is 3. The van der Waals surface area contributed by atoms with E-state index in [1.165, 1.54) is 17.0 Å². The minimum Gasteiger partial charge on any atom is -0.470 e. The first-order valence-corrected chi connectivity index (χ1v) is 23.5. The molecule has 4 heterocycles. The fourth-order valence-electron chi connectivity index (χ4n) is 9.11. The van der Waals surface area contributed by atoms with Crippen molar-refractivity contribution in [3.8, 4) is 17.3 Å². The summed E-state index contributed by atoms with van der Waals surface area (Å²) in [7, 11) is -3.98. The van der Waals surface area contributed by atoms with Gasteiger partial charge >= 0.3 is 12.3 Å². The predicted octanol–water partition coefficient (Wildman–Crippen LogP) is 6.76. The standard InChI is InChI=1S/C45H49F3N6O9S/c1-25-16-19-35-32(20-25)36-37(63-35)40(51-38(50-36)26-10-9-12-27(21-26)45(46,47)48)61-30-22-34-39(55)52-44(42(57)53-64(59,60)31-17-18-31)23-28(44)11-5-3-2-4-6-15-33(41(56)54(34)24-30)49-43(58)62-29-13-7-8-14-29/h5,9-12,16,19-21,28-31,33-34H,2-4,6-8,13-15,17-18,22-24H2,1H3,(H,49,58)(H,52,55)(H,53,57)/b11-5-/t28-,30-,33+,34+,44-/m1/s1. The van der Waals surface area contributed by atoms with Crippen LogP contribution >= 0.6 is 0 Å². The highest BCUT2D eigenvalue weighted by atomic mass is 32.2. The van der Waals surface area contributed by atoms with E-state index >= 15 is 0 Å². The highest BCUT2D eigenvalue weighted by molar-refractivity contribution is 7.91. The molecule has 2 aromatic heterocycles. The van der Waals surface area contributed by atoms with Gasteiger partial charge in [0, 0.05) is 23.3 Å². The number of aromatic nitrogens is 2. The number of ether oxygens (including phenoxy) is 2. The molecule has 5 aliphatic rings. The minimum absolute atomic E-state index is 0.0518.